The molecule has 0 unspecified atom stereocenters. The molecule has 0 amide bonds. The van der Waals surface area contributed by atoms with Crippen molar-refractivity contribution in [3.8, 4) is 16.8 Å². The molecule has 12 aromatic rings. The number of rotatable bonds is 8. The van der Waals surface area contributed by atoms with Gasteiger partial charge in [0.25, 0.3) is 0 Å². The van der Waals surface area contributed by atoms with Gasteiger partial charge in [-0.2, -0.15) is 0 Å². The van der Waals surface area contributed by atoms with Gasteiger partial charge < -0.3 is 14.4 Å². The Morgan fingerprint density at radius 2 is 0.839 bits per heavy atom. The fraction of sp³-hybridized carbons (Fsp3) is 0. The fourth-order valence-electron chi connectivity index (χ4n) is 9.32. The Labute approximate surface area is 364 Å². The quantitative estimate of drug-likeness (QED) is 0.151. The van der Waals surface area contributed by atoms with Crippen molar-refractivity contribution < 1.29 is 0 Å². The van der Waals surface area contributed by atoms with Crippen molar-refractivity contribution in [2.45, 2.75) is 0 Å². The molecule has 12 rings (SSSR count). The molecular formula is C58H39N3S. The van der Waals surface area contributed by atoms with Gasteiger partial charge in [-0.1, -0.05) is 140 Å². The number of para-hydroxylation sites is 5. The van der Waals surface area contributed by atoms with Crippen molar-refractivity contribution in [1.29, 1.82) is 0 Å². The first-order valence-corrected chi connectivity index (χ1v) is 21.9. The van der Waals surface area contributed by atoms with E-state index in [1.165, 1.54) is 69.6 Å². The van der Waals surface area contributed by atoms with Crippen molar-refractivity contribution in [1.82, 2.24) is 4.57 Å². The Hall–Kier alpha value is -7.92. The van der Waals surface area contributed by atoms with E-state index in [0.717, 1.165) is 34.1 Å². The molecule has 0 saturated carbocycles. The second kappa shape index (κ2) is 15.0. The van der Waals surface area contributed by atoms with Gasteiger partial charge in [0.1, 0.15) is 0 Å². The molecule has 0 N–H and O–H groups in total. The Kier molecular flexibility index (Phi) is 8.68. The summed E-state index contributed by atoms with van der Waals surface area (Å²) in [5.41, 5.74) is 12.6. The van der Waals surface area contributed by atoms with E-state index in [-0.39, 0.29) is 0 Å². The standard InChI is InChI=1S/C58H39N3S/c1-5-20-43(21-6-1)59(44-22-7-2-8-23-44)47-38-52-51-37-42(33-35-57(51)62-58(52)56(39-47)60(45-24-9-3-10-25-45)46-26-11-4-12-27-46)41-32-34-55-50(36-41)49-29-15-16-30-54(49)61(55)53-31-17-19-40-18-13-14-28-48(40)53/h1-39H. The van der Waals surface area contributed by atoms with E-state index >= 15 is 0 Å². The lowest BCUT2D eigenvalue weighted by Gasteiger charge is -2.30. The molecule has 0 bridgehead atoms. The number of benzene rings is 10. The third kappa shape index (κ3) is 6.03. The average molecular weight is 810 g/mol. The number of anilines is 6. The summed E-state index contributed by atoms with van der Waals surface area (Å²) in [5, 5.41) is 7.44. The van der Waals surface area contributed by atoms with Crippen LogP contribution in [0, 0.1) is 0 Å². The monoisotopic (exact) mass is 809 g/mol. The molecule has 0 aliphatic heterocycles. The molecule has 292 valence electrons. The molecule has 0 spiro atoms. The van der Waals surface area contributed by atoms with Crippen molar-refractivity contribution >= 4 is 98.2 Å². The normalized spacial score (nSPS) is 11.5. The van der Waals surface area contributed by atoms with E-state index in [1.54, 1.807) is 0 Å². The maximum absolute atomic E-state index is 2.44. The van der Waals surface area contributed by atoms with Crippen LogP contribution >= 0.6 is 11.3 Å². The Morgan fingerprint density at radius 1 is 0.323 bits per heavy atom. The third-order valence-electron chi connectivity index (χ3n) is 12.1. The minimum atomic E-state index is 1.09. The van der Waals surface area contributed by atoms with Gasteiger partial charge in [0, 0.05) is 60.1 Å². The van der Waals surface area contributed by atoms with Crippen molar-refractivity contribution in [2.75, 3.05) is 9.80 Å². The Bertz CT molecular complexity index is 3490. The predicted octanol–water partition coefficient (Wildman–Crippen LogP) is 16.9. The lowest BCUT2D eigenvalue weighted by atomic mass is 10.00. The molecule has 0 aliphatic carbocycles. The van der Waals surface area contributed by atoms with Gasteiger partial charge in [-0.15, -0.1) is 11.3 Å². The molecule has 4 heteroatoms. The van der Waals surface area contributed by atoms with E-state index in [2.05, 4.69) is 251 Å². The molecule has 10 aromatic carbocycles. The SMILES string of the molecule is c1ccc(N(c2ccccc2)c2cc(N(c3ccccc3)c3ccccc3)c3sc4ccc(-c5ccc6c(c5)c5ccccc5n6-c5cccc6ccccc56)cc4c3c2)cc1. The molecule has 0 aliphatic rings. The molecule has 62 heavy (non-hydrogen) atoms. The molecule has 0 saturated heterocycles. The van der Waals surface area contributed by atoms with E-state index in [0.29, 0.717) is 0 Å². The summed E-state index contributed by atoms with van der Waals surface area (Å²) in [6, 6.07) is 85.8. The number of hydrogen-bond donors (Lipinski definition) is 0. The summed E-state index contributed by atoms with van der Waals surface area (Å²) in [6.07, 6.45) is 0. The highest BCUT2D eigenvalue weighted by atomic mass is 32.1. The molecule has 3 nitrogen and oxygen atoms in total. The van der Waals surface area contributed by atoms with Crippen LogP contribution in [0.5, 0.6) is 0 Å². The van der Waals surface area contributed by atoms with Gasteiger partial charge in [0.15, 0.2) is 0 Å². The minimum absolute atomic E-state index is 1.09. The molecule has 2 heterocycles. The zero-order chi connectivity index (χ0) is 41.0. The number of fused-ring (bicyclic) bond motifs is 7. The first kappa shape index (κ1) is 36.0. The molecule has 2 aromatic heterocycles. The highest BCUT2D eigenvalue weighted by molar-refractivity contribution is 7.26. The van der Waals surface area contributed by atoms with Gasteiger partial charge in [0.05, 0.1) is 27.1 Å². The summed E-state index contributed by atoms with van der Waals surface area (Å²) in [4.78, 5) is 4.79. The second-order valence-corrected chi connectivity index (χ2v) is 16.8. The third-order valence-corrected chi connectivity index (χ3v) is 13.3. The zero-order valence-corrected chi connectivity index (χ0v) is 34.6. The average Bonchev–Trinajstić information content (AvgIpc) is 3.88. The smallest absolute Gasteiger partial charge is 0.0661 e. The summed E-state index contributed by atoms with van der Waals surface area (Å²) in [7, 11) is 0. The van der Waals surface area contributed by atoms with Crippen LogP contribution in [0.1, 0.15) is 0 Å². The number of thiophene rings is 1. The van der Waals surface area contributed by atoms with Crippen LogP contribution in [0.2, 0.25) is 0 Å². The van der Waals surface area contributed by atoms with Crippen molar-refractivity contribution in [2.24, 2.45) is 0 Å². The van der Waals surface area contributed by atoms with Gasteiger partial charge in [0.2, 0.25) is 0 Å². The Morgan fingerprint density at radius 3 is 1.50 bits per heavy atom. The van der Waals surface area contributed by atoms with Crippen LogP contribution in [0.15, 0.2) is 237 Å². The van der Waals surface area contributed by atoms with Crippen LogP contribution in [0.25, 0.3) is 69.6 Å². The maximum Gasteiger partial charge on any atom is 0.0661 e. The summed E-state index contributed by atoms with van der Waals surface area (Å²) in [5.74, 6) is 0. The number of hydrogen-bond acceptors (Lipinski definition) is 3. The molecular weight excluding hydrogens is 771 g/mol. The molecule has 0 radical (unpaired) electrons. The van der Waals surface area contributed by atoms with Gasteiger partial charge in [-0.25, -0.2) is 0 Å². The Balaban J connectivity index is 1.09. The van der Waals surface area contributed by atoms with Gasteiger partial charge >= 0.3 is 0 Å². The highest BCUT2D eigenvalue weighted by Crippen LogP contribution is 2.49. The summed E-state index contributed by atoms with van der Waals surface area (Å²) >= 11 is 1.86. The number of nitrogens with zero attached hydrogens (tertiary/aromatic N) is 3. The maximum atomic E-state index is 2.44. The van der Waals surface area contributed by atoms with Crippen LogP contribution in [-0.2, 0) is 0 Å². The van der Waals surface area contributed by atoms with E-state index < -0.39 is 0 Å². The molecule has 0 atom stereocenters. The predicted molar refractivity (Wildman–Crippen MR) is 266 cm³/mol. The number of aromatic nitrogens is 1. The molecule has 0 fully saturated rings. The van der Waals surface area contributed by atoms with E-state index in [4.69, 9.17) is 0 Å². The van der Waals surface area contributed by atoms with Crippen LogP contribution in [0.3, 0.4) is 0 Å². The van der Waals surface area contributed by atoms with Crippen molar-refractivity contribution in [3.05, 3.63) is 237 Å². The van der Waals surface area contributed by atoms with Gasteiger partial charge in [-0.05, 0) is 114 Å². The van der Waals surface area contributed by atoms with Crippen molar-refractivity contribution in [3.63, 3.8) is 0 Å². The lowest BCUT2D eigenvalue weighted by Crippen LogP contribution is -2.13. The van der Waals surface area contributed by atoms with E-state index in [1.807, 2.05) is 11.3 Å². The highest BCUT2D eigenvalue weighted by Gasteiger charge is 2.23. The fourth-order valence-corrected chi connectivity index (χ4v) is 10.5. The second-order valence-electron chi connectivity index (χ2n) is 15.8. The van der Waals surface area contributed by atoms with Crippen LogP contribution < -0.4 is 9.80 Å². The lowest BCUT2D eigenvalue weighted by molar-refractivity contribution is 1.20. The summed E-state index contributed by atoms with van der Waals surface area (Å²) < 4.78 is 4.93. The zero-order valence-electron chi connectivity index (χ0n) is 33.8. The first-order valence-electron chi connectivity index (χ1n) is 21.1. The largest absolute Gasteiger partial charge is 0.310 e. The topological polar surface area (TPSA) is 11.4 Å². The van der Waals surface area contributed by atoms with Crippen LogP contribution in [-0.4, -0.2) is 4.57 Å². The van der Waals surface area contributed by atoms with Gasteiger partial charge in [-0.3, -0.25) is 0 Å². The van der Waals surface area contributed by atoms with E-state index in [9.17, 15) is 0 Å². The summed E-state index contributed by atoms with van der Waals surface area (Å²) in [6.45, 7) is 0. The first-order chi connectivity index (χ1) is 30.8. The minimum Gasteiger partial charge on any atom is -0.310 e. The van der Waals surface area contributed by atoms with Crippen LogP contribution in [0.4, 0.5) is 34.1 Å².